The number of hydrogen-bond donors (Lipinski definition) is 1. The molecule has 0 spiro atoms. The molecule has 1 amide bonds. The van der Waals surface area contributed by atoms with Gasteiger partial charge in [0.15, 0.2) is 0 Å². The summed E-state index contributed by atoms with van der Waals surface area (Å²) in [5.41, 5.74) is 3.13. The van der Waals surface area contributed by atoms with Crippen LogP contribution in [0.25, 0.3) is 10.1 Å². The van der Waals surface area contributed by atoms with Crippen molar-refractivity contribution in [3.63, 3.8) is 0 Å². The Kier molecular flexibility index (Phi) is 5.95. The van der Waals surface area contributed by atoms with Gasteiger partial charge in [-0.2, -0.15) is 5.10 Å². The number of fused-ring (bicyclic) bond motifs is 1. The molecule has 0 radical (unpaired) electrons. The number of carbonyl (C=O) groups is 1. The molecule has 1 heterocycles. The Bertz CT molecular complexity index is 1030. The summed E-state index contributed by atoms with van der Waals surface area (Å²) in [6.07, 6.45) is 1.46. The summed E-state index contributed by atoms with van der Waals surface area (Å²) in [5, 5.41) is 6.17. The summed E-state index contributed by atoms with van der Waals surface area (Å²) in [5.74, 6) is 0.0734. The molecule has 4 nitrogen and oxygen atoms in total. The van der Waals surface area contributed by atoms with Crippen LogP contribution in [0.2, 0.25) is 20.1 Å². The van der Waals surface area contributed by atoms with Crippen molar-refractivity contribution in [2.75, 3.05) is 7.11 Å². The lowest BCUT2D eigenvalue weighted by molar-refractivity contribution is 0.0959. The van der Waals surface area contributed by atoms with Gasteiger partial charge in [-0.05, 0) is 29.8 Å². The van der Waals surface area contributed by atoms with E-state index in [2.05, 4.69) is 10.5 Å². The Balaban J connectivity index is 1.83. The third kappa shape index (κ3) is 3.77. The van der Waals surface area contributed by atoms with E-state index in [0.29, 0.717) is 46.4 Å². The van der Waals surface area contributed by atoms with E-state index in [1.54, 1.807) is 30.3 Å². The number of benzene rings is 2. The zero-order valence-electron chi connectivity index (χ0n) is 13.1. The number of thiophene rings is 1. The fourth-order valence-electron chi connectivity index (χ4n) is 2.19. The highest BCUT2D eigenvalue weighted by Crippen LogP contribution is 2.42. The maximum Gasteiger partial charge on any atom is 0.283 e. The molecule has 1 N–H and O–H groups in total. The van der Waals surface area contributed by atoms with Crippen LogP contribution < -0.4 is 10.2 Å². The van der Waals surface area contributed by atoms with Gasteiger partial charge < -0.3 is 4.74 Å². The maximum absolute atomic E-state index is 12.4. The number of nitrogens with one attached hydrogen (secondary N) is 1. The molecule has 3 aromatic rings. The quantitative estimate of drug-likeness (QED) is 0.377. The lowest BCUT2D eigenvalue weighted by Gasteiger charge is -2.02. The molecule has 9 heteroatoms. The Hall–Kier alpha value is -1.50. The Morgan fingerprint density at radius 2 is 1.88 bits per heavy atom. The summed E-state index contributed by atoms with van der Waals surface area (Å²) < 4.78 is 5.86. The van der Waals surface area contributed by atoms with Gasteiger partial charge in [-0.25, -0.2) is 5.43 Å². The maximum atomic E-state index is 12.4. The average molecular weight is 448 g/mol. The molecule has 134 valence electrons. The van der Waals surface area contributed by atoms with Crippen molar-refractivity contribution in [3.05, 3.63) is 60.9 Å². The first-order valence-corrected chi connectivity index (χ1v) is 9.48. The lowest BCUT2D eigenvalue weighted by Crippen LogP contribution is -2.16. The fourth-order valence-corrected chi connectivity index (χ4v) is 4.28. The van der Waals surface area contributed by atoms with E-state index in [1.165, 1.54) is 24.7 Å². The first kappa shape index (κ1) is 19.3. The van der Waals surface area contributed by atoms with Gasteiger partial charge in [0.1, 0.15) is 15.6 Å². The smallest absolute Gasteiger partial charge is 0.283 e. The van der Waals surface area contributed by atoms with Crippen LogP contribution in [0.15, 0.2) is 35.4 Å². The molecule has 3 rings (SSSR count). The summed E-state index contributed by atoms with van der Waals surface area (Å²) in [6.45, 7) is 0. The largest absolute Gasteiger partial charge is 0.495 e. The Morgan fingerprint density at radius 3 is 2.58 bits per heavy atom. The number of amides is 1. The number of carbonyl (C=O) groups excluding carboxylic acids is 1. The van der Waals surface area contributed by atoms with Gasteiger partial charge in [-0.1, -0.05) is 52.5 Å². The molecule has 0 saturated heterocycles. The summed E-state index contributed by atoms with van der Waals surface area (Å²) >= 11 is 25.6. The van der Waals surface area contributed by atoms with Crippen LogP contribution in [0.1, 0.15) is 15.2 Å². The monoisotopic (exact) mass is 446 g/mol. The highest BCUT2D eigenvalue weighted by atomic mass is 35.5. The zero-order chi connectivity index (χ0) is 18.8. The third-order valence-corrected chi connectivity index (χ3v) is 6.40. The summed E-state index contributed by atoms with van der Waals surface area (Å²) in [7, 11) is 1.52. The number of methoxy groups -OCH3 is 1. The van der Waals surface area contributed by atoms with E-state index in [-0.39, 0.29) is 0 Å². The van der Waals surface area contributed by atoms with E-state index in [1.807, 2.05) is 0 Å². The zero-order valence-corrected chi connectivity index (χ0v) is 17.0. The van der Waals surface area contributed by atoms with E-state index in [0.717, 1.165) is 0 Å². The highest BCUT2D eigenvalue weighted by molar-refractivity contribution is 7.22. The van der Waals surface area contributed by atoms with Crippen molar-refractivity contribution in [2.45, 2.75) is 0 Å². The second kappa shape index (κ2) is 8.03. The molecule has 0 bridgehead atoms. The molecule has 0 aliphatic heterocycles. The molecule has 0 unspecified atom stereocenters. The topological polar surface area (TPSA) is 50.7 Å². The first-order valence-electron chi connectivity index (χ1n) is 7.15. The standard InChI is InChI=1S/C17H10Cl4N2O2S/c1-25-12-5-3-9-13(20)16(26-15(9)14(12)21)17(24)23-22-7-8-2-4-10(18)11(19)6-8/h2-7H,1H3,(H,23,24)/b22-7+. The van der Waals surface area contributed by atoms with Crippen LogP contribution in [-0.4, -0.2) is 19.2 Å². The number of hydrogen-bond acceptors (Lipinski definition) is 4. The second-order valence-corrected chi connectivity index (χ2v) is 7.67. The normalized spacial score (nSPS) is 11.3. The van der Waals surface area contributed by atoms with E-state index < -0.39 is 5.91 Å². The van der Waals surface area contributed by atoms with Crippen molar-refractivity contribution in [1.82, 2.24) is 5.43 Å². The Labute approximate surface area is 173 Å². The van der Waals surface area contributed by atoms with E-state index in [4.69, 9.17) is 51.1 Å². The summed E-state index contributed by atoms with van der Waals surface area (Å²) in [6, 6.07) is 8.47. The minimum Gasteiger partial charge on any atom is -0.495 e. The predicted molar refractivity (Wildman–Crippen MR) is 110 cm³/mol. The molecule has 1 aromatic heterocycles. The Morgan fingerprint density at radius 1 is 1.12 bits per heavy atom. The lowest BCUT2D eigenvalue weighted by atomic mass is 10.2. The van der Waals surface area contributed by atoms with Crippen LogP contribution in [0.4, 0.5) is 0 Å². The van der Waals surface area contributed by atoms with Crippen molar-refractivity contribution < 1.29 is 9.53 Å². The molecule has 0 atom stereocenters. The number of hydrazone groups is 1. The van der Waals surface area contributed by atoms with Gasteiger partial charge in [0.25, 0.3) is 5.91 Å². The van der Waals surface area contributed by atoms with Gasteiger partial charge in [-0.3, -0.25) is 4.79 Å². The average Bonchev–Trinajstić information content (AvgIpc) is 2.96. The molecule has 2 aromatic carbocycles. The number of halogens is 4. The molecular weight excluding hydrogens is 438 g/mol. The van der Waals surface area contributed by atoms with Gasteiger partial charge in [0.05, 0.1) is 33.1 Å². The molecule has 0 saturated carbocycles. The summed E-state index contributed by atoms with van der Waals surface area (Å²) in [4.78, 5) is 12.7. The molecule has 26 heavy (non-hydrogen) atoms. The van der Waals surface area contributed by atoms with Crippen LogP contribution >= 0.6 is 57.7 Å². The predicted octanol–water partition coefficient (Wildman–Crippen LogP) is 6.29. The van der Waals surface area contributed by atoms with Crippen LogP contribution in [-0.2, 0) is 0 Å². The van der Waals surface area contributed by atoms with Crippen molar-refractivity contribution in [2.24, 2.45) is 5.10 Å². The van der Waals surface area contributed by atoms with Gasteiger partial charge in [0.2, 0.25) is 0 Å². The molecule has 0 aliphatic carbocycles. The van der Waals surface area contributed by atoms with Gasteiger partial charge >= 0.3 is 0 Å². The molecule has 0 fully saturated rings. The first-order chi connectivity index (χ1) is 12.4. The molecular formula is C17H10Cl4N2O2S. The van der Waals surface area contributed by atoms with Crippen LogP contribution in [0.3, 0.4) is 0 Å². The van der Waals surface area contributed by atoms with Gasteiger partial charge in [0, 0.05) is 5.39 Å². The number of ether oxygens (including phenoxy) is 1. The van der Waals surface area contributed by atoms with E-state index >= 15 is 0 Å². The molecule has 0 aliphatic rings. The van der Waals surface area contributed by atoms with Gasteiger partial charge in [-0.15, -0.1) is 11.3 Å². The number of rotatable bonds is 4. The van der Waals surface area contributed by atoms with E-state index in [9.17, 15) is 4.79 Å². The SMILES string of the molecule is COc1ccc2c(Cl)c(C(=O)N/N=C/c3ccc(Cl)c(Cl)c3)sc2c1Cl. The highest BCUT2D eigenvalue weighted by Gasteiger charge is 2.20. The van der Waals surface area contributed by atoms with Crippen molar-refractivity contribution in [3.8, 4) is 5.75 Å². The number of nitrogens with zero attached hydrogens (tertiary/aromatic N) is 1. The van der Waals surface area contributed by atoms with Crippen LogP contribution in [0.5, 0.6) is 5.75 Å². The fraction of sp³-hybridized carbons (Fsp3) is 0.0588. The van der Waals surface area contributed by atoms with Crippen molar-refractivity contribution in [1.29, 1.82) is 0 Å². The van der Waals surface area contributed by atoms with Crippen LogP contribution in [0, 0.1) is 0 Å². The minimum absolute atomic E-state index is 0.308. The third-order valence-electron chi connectivity index (χ3n) is 3.45. The second-order valence-electron chi connectivity index (χ2n) is 5.08. The van der Waals surface area contributed by atoms with Crippen molar-refractivity contribution >= 4 is 79.9 Å². The minimum atomic E-state index is -0.442.